The summed E-state index contributed by atoms with van der Waals surface area (Å²) in [6.45, 7) is 6.53. The lowest BCUT2D eigenvalue weighted by atomic mass is 9.82. The van der Waals surface area contributed by atoms with E-state index in [1.807, 2.05) is 69.3 Å². The molecule has 1 amide bonds. The van der Waals surface area contributed by atoms with Crippen LogP contribution in [0.15, 0.2) is 58.0 Å². The molecule has 0 spiro atoms. The van der Waals surface area contributed by atoms with Crippen LogP contribution in [-0.4, -0.2) is 53.8 Å². The molecule has 2 atom stereocenters. The number of halogens is 1. The number of aliphatic hydroxyl groups excluding tert-OH is 1. The van der Waals surface area contributed by atoms with Crippen LogP contribution in [-0.2, 0) is 19.1 Å². The Bertz CT molecular complexity index is 1220. The topological polar surface area (TPSA) is 106 Å². The molecule has 2 aromatic carbocycles. The molecule has 9 heteroatoms. The molecule has 2 aliphatic rings. The Kier molecular flexibility index (Phi) is 11.1. The van der Waals surface area contributed by atoms with E-state index in [9.17, 15) is 9.59 Å². The predicted octanol–water partition coefficient (Wildman–Crippen LogP) is 6.29. The fourth-order valence-electron chi connectivity index (χ4n) is 5.47. The Morgan fingerprint density at radius 3 is 2.40 bits per heavy atom. The number of nitrogens with one attached hydrogen (secondary N) is 1. The second-order valence-corrected chi connectivity index (χ2v) is 13.1. The third kappa shape index (κ3) is 8.57. The summed E-state index contributed by atoms with van der Waals surface area (Å²) in [5.74, 6) is 0.799. The van der Waals surface area contributed by atoms with Crippen LogP contribution in [0, 0.1) is 5.92 Å². The Morgan fingerprint density at radius 1 is 1.07 bits per heavy atom. The summed E-state index contributed by atoms with van der Waals surface area (Å²) in [5.41, 5.74) is -0.519. The molecular weight excluding hydrogens is 600 g/mol. The van der Waals surface area contributed by atoms with E-state index in [4.69, 9.17) is 24.3 Å². The van der Waals surface area contributed by atoms with E-state index in [1.165, 1.54) is 19.3 Å². The second-order valence-electron chi connectivity index (χ2n) is 12.1. The van der Waals surface area contributed by atoms with Crippen molar-refractivity contribution in [1.82, 2.24) is 5.32 Å². The van der Waals surface area contributed by atoms with Gasteiger partial charge in [0, 0.05) is 36.0 Å². The summed E-state index contributed by atoms with van der Waals surface area (Å²) in [7, 11) is 0. The number of aliphatic hydroxyl groups is 1. The van der Waals surface area contributed by atoms with Gasteiger partial charge in [0.1, 0.15) is 11.4 Å². The average molecular weight is 644 g/mol. The van der Waals surface area contributed by atoms with Crippen LogP contribution in [0.4, 0.5) is 0 Å². The van der Waals surface area contributed by atoms with Gasteiger partial charge in [0.15, 0.2) is 11.6 Å². The van der Waals surface area contributed by atoms with Gasteiger partial charge >= 0.3 is 5.97 Å². The number of amides is 1. The second kappa shape index (κ2) is 14.5. The lowest BCUT2D eigenvalue weighted by Gasteiger charge is -2.32. The molecule has 8 nitrogen and oxygen atoms in total. The predicted molar refractivity (Wildman–Crippen MR) is 166 cm³/mol. The molecule has 2 N–H and O–H groups in total. The van der Waals surface area contributed by atoms with Crippen molar-refractivity contribution in [2.75, 3.05) is 19.8 Å². The molecule has 42 heavy (non-hydrogen) atoms. The van der Waals surface area contributed by atoms with Gasteiger partial charge in [-0.15, -0.1) is 0 Å². The maximum atomic E-state index is 14.2. The van der Waals surface area contributed by atoms with Crippen molar-refractivity contribution in [1.29, 1.82) is 0 Å². The molecule has 1 saturated carbocycles. The van der Waals surface area contributed by atoms with E-state index < -0.39 is 17.2 Å². The average Bonchev–Trinajstić information content (AvgIpc) is 3.36. The van der Waals surface area contributed by atoms with Crippen LogP contribution in [0.5, 0.6) is 5.75 Å². The largest absolute Gasteiger partial charge is 0.494 e. The first kappa shape index (κ1) is 32.0. The van der Waals surface area contributed by atoms with Gasteiger partial charge in [-0.25, -0.2) is 4.99 Å². The number of ether oxygens (including phenoxy) is 3. The van der Waals surface area contributed by atoms with Crippen LogP contribution in [0.25, 0.3) is 0 Å². The minimum Gasteiger partial charge on any atom is -0.494 e. The van der Waals surface area contributed by atoms with Crippen molar-refractivity contribution in [2.24, 2.45) is 10.9 Å². The van der Waals surface area contributed by atoms with Crippen molar-refractivity contribution in [3.05, 3.63) is 64.1 Å². The molecule has 0 aromatic heterocycles. The van der Waals surface area contributed by atoms with Crippen LogP contribution in [0.2, 0.25) is 0 Å². The molecule has 0 saturated heterocycles. The molecule has 2 aromatic rings. The van der Waals surface area contributed by atoms with Crippen molar-refractivity contribution in [2.45, 2.75) is 89.4 Å². The summed E-state index contributed by atoms with van der Waals surface area (Å²) in [6.07, 6.45) is 5.73. The van der Waals surface area contributed by atoms with Gasteiger partial charge in [-0.2, -0.15) is 0 Å². The maximum Gasteiger partial charge on any atom is 0.306 e. The standard InChI is InChI=1S/C33H43BrN2O6/c1-32(2,3)42-28(38)18-19-33(31(39)35-22-23-8-5-4-6-9-23)29(24-10-14-26(34)15-11-24)41-30(36-33)25-12-16-27(17-13-25)40-21-7-20-37/h10-17,23,29,37H,4-9,18-22H2,1-3H3,(H,35,39)/t29-,33-/m1/s1. The number of hydrogen-bond donors (Lipinski definition) is 2. The molecule has 1 aliphatic carbocycles. The Labute approximate surface area is 257 Å². The highest BCUT2D eigenvalue weighted by molar-refractivity contribution is 9.10. The molecule has 0 unspecified atom stereocenters. The number of aliphatic imine (C=N–C) groups is 1. The number of hydrogen-bond acceptors (Lipinski definition) is 7. The van der Waals surface area contributed by atoms with Gasteiger partial charge in [0.25, 0.3) is 5.91 Å². The van der Waals surface area contributed by atoms with Crippen LogP contribution in [0.1, 0.15) is 89.4 Å². The first-order chi connectivity index (χ1) is 20.1. The number of rotatable bonds is 12. The van der Waals surface area contributed by atoms with E-state index in [0.29, 0.717) is 42.7 Å². The van der Waals surface area contributed by atoms with Crippen LogP contribution >= 0.6 is 15.9 Å². The zero-order valence-electron chi connectivity index (χ0n) is 24.9. The zero-order chi connectivity index (χ0) is 30.2. The molecule has 228 valence electrons. The lowest BCUT2D eigenvalue weighted by Crippen LogP contribution is -2.50. The zero-order valence-corrected chi connectivity index (χ0v) is 26.5. The molecule has 1 heterocycles. The van der Waals surface area contributed by atoms with Gasteiger partial charge in [0.2, 0.25) is 5.90 Å². The van der Waals surface area contributed by atoms with Gasteiger partial charge in [-0.3, -0.25) is 9.59 Å². The van der Waals surface area contributed by atoms with Crippen molar-refractivity contribution in [3.8, 4) is 5.75 Å². The van der Waals surface area contributed by atoms with Gasteiger partial charge < -0.3 is 24.6 Å². The third-order valence-corrected chi connectivity index (χ3v) is 8.14. The fourth-order valence-corrected chi connectivity index (χ4v) is 5.74. The quantitative estimate of drug-likeness (QED) is 0.208. The number of carbonyl (C=O) groups is 2. The minimum absolute atomic E-state index is 0.0128. The molecule has 0 bridgehead atoms. The molecule has 1 fully saturated rings. The lowest BCUT2D eigenvalue weighted by molar-refractivity contribution is -0.155. The highest BCUT2D eigenvalue weighted by Crippen LogP contribution is 2.44. The van der Waals surface area contributed by atoms with E-state index in [0.717, 1.165) is 22.9 Å². The molecular formula is C33H43BrN2O6. The van der Waals surface area contributed by atoms with E-state index in [2.05, 4.69) is 21.2 Å². The first-order valence-corrected chi connectivity index (χ1v) is 15.8. The molecule has 1 aliphatic heterocycles. The van der Waals surface area contributed by atoms with E-state index in [-0.39, 0.29) is 31.3 Å². The summed E-state index contributed by atoms with van der Waals surface area (Å²) in [5, 5.41) is 12.2. The normalized spacial score (nSPS) is 20.9. The van der Waals surface area contributed by atoms with Crippen LogP contribution < -0.4 is 10.1 Å². The van der Waals surface area contributed by atoms with Crippen molar-refractivity contribution >= 4 is 33.7 Å². The number of nitrogens with zero attached hydrogens (tertiary/aromatic N) is 1. The molecule has 4 rings (SSSR count). The van der Waals surface area contributed by atoms with Crippen molar-refractivity contribution in [3.63, 3.8) is 0 Å². The number of benzene rings is 2. The summed E-state index contributed by atoms with van der Waals surface area (Å²) in [6, 6.07) is 15.0. The third-order valence-electron chi connectivity index (χ3n) is 7.61. The Morgan fingerprint density at radius 2 is 1.76 bits per heavy atom. The highest BCUT2D eigenvalue weighted by Gasteiger charge is 2.53. The highest BCUT2D eigenvalue weighted by atomic mass is 79.9. The minimum atomic E-state index is -1.37. The Balaban J connectivity index is 1.67. The smallest absolute Gasteiger partial charge is 0.306 e. The summed E-state index contributed by atoms with van der Waals surface area (Å²) >= 11 is 3.50. The monoisotopic (exact) mass is 642 g/mol. The first-order valence-electron chi connectivity index (χ1n) is 15.0. The molecule has 0 radical (unpaired) electrons. The fraction of sp³-hybridized carbons (Fsp3) is 0.545. The maximum absolute atomic E-state index is 14.2. The summed E-state index contributed by atoms with van der Waals surface area (Å²) in [4.78, 5) is 32.1. The van der Waals surface area contributed by atoms with Crippen LogP contribution in [0.3, 0.4) is 0 Å². The van der Waals surface area contributed by atoms with Gasteiger partial charge in [-0.05, 0) is 87.9 Å². The number of carbonyl (C=O) groups excluding carboxylic acids is 2. The van der Waals surface area contributed by atoms with E-state index in [1.54, 1.807) is 0 Å². The van der Waals surface area contributed by atoms with Crippen molar-refractivity contribution < 1.29 is 28.9 Å². The van der Waals surface area contributed by atoms with Gasteiger partial charge in [0.05, 0.1) is 6.61 Å². The SMILES string of the molecule is CC(C)(C)OC(=O)CC[C@@]1(C(=O)NCC2CCCCC2)N=C(c2ccc(OCCCO)cc2)O[C@@H]1c1ccc(Br)cc1. The summed E-state index contributed by atoms with van der Waals surface area (Å²) < 4.78 is 18.7. The Hall–Kier alpha value is -2.91. The van der Waals surface area contributed by atoms with E-state index >= 15 is 0 Å². The number of esters is 1. The van der Waals surface area contributed by atoms with Gasteiger partial charge in [-0.1, -0.05) is 47.3 Å².